The molecule has 1 aromatic heterocycles. The van der Waals surface area contributed by atoms with Gasteiger partial charge in [-0.25, -0.2) is 4.79 Å². The van der Waals surface area contributed by atoms with Crippen LogP contribution in [0.4, 0.5) is 5.82 Å². The maximum absolute atomic E-state index is 13.6. The first-order chi connectivity index (χ1) is 22.8. The van der Waals surface area contributed by atoms with Crippen molar-refractivity contribution in [2.75, 3.05) is 18.5 Å². The molecule has 2 aromatic carbocycles. The average molecular weight is 710 g/mol. The van der Waals surface area contributed by atoms with Crippen molar-refractivity contribution in [2.24, 2.45) is 0 Å². The van der Waals surface area contributed by atoms with Gasteiger partial charge >= 0.3 is 22.8 Å². The summed E-state index contributed by atoms with van der Waals surface area (Å²) in [6.45, 7) is 18.3. The molecule has 1 N–H and O–H groups in total. The third kappa shape index (κ3) is 8.82. The highest BCUT2D eigenvalue weighted by Crippen LogP contribution is 2.46. The minimum atomic E-state index is -2.75. The second-order valence-electron chi connectivity index (χ2n) is 13.6. The van der Waals surface area contributed by atoms with Crippen molar-refractivity contribution in [2.45, 2.75) is 101 Å². The number of nitrogens with zero attached hydrogens (tertiary/aromatic N) is 2. The Labute approximate surface area is 291 Å². The summed E-state index contributed by atoms with van der Waals surface area (Å²) in [4.78, 5) is 43.8. The first-order valence-corrected chi connectivity index (χ1v) is 21.8. The molecule has 0 aliphatic carbocycles. The Kier molecular flexibility index (Phi) is 13.2. The highest BCUT2D eigenvalue weighted by molar-refractivity contribution is 8.00. The number of thioether (sulfide) groups is 1. The molecule has 0 radical (unpaired) electrons. The van der Waals surface area contributed by atoms with Crippen molar-refractivity contribution in [1.29, 1.82) is 0 Å². The Morgan fingerprint density at radius 3 is 1.79 bits per heavy atom. The highest BCUT2D eigenvalue weighted by Gasteiger charge is 2.57. The van der Waals surface area contributed by atoms with Crippen LogP contribution in [-0.4, -0.2) is 56.8 Å². The van der Waals surface area contributed by atoms with Gasteiger partial charge in [0.2, 0.25) is 0 Å². The third-order valence-corrected chi connectivity index (χ3v) is 20.7. The van der Waals surface area contributed by atoms with Gasteiger partial charge in [-0.05, 0) is 46.8 Å². The summed E-state index contributed by atoms with van der Waals surface area (Å²) in [5, 5.41) is 2.17. The number of nitrogens with one attached hydrogen (secondary N) is 1. The number of hydrogen-bond donors (Lipinski definition) is 1. The van der Waals surface area contributed by atoms with Crippen LogP contribution in [-0.2, 0) is 13.0 Å². The van der Waals surface area contributed by atoms with Gasteiger partial charge in [0.25, 0.3) is 5.91 Å². The first-order valence-electron chi connectivity index (χ1n) is 17.0. The monoisotopic (exact) mass is 709 g/mol. The molecule has 1 aliphatic rings. The molecule has 4 rings (SSSR count). The number of carbonyl (C=O) groups excluding carboxylic acids is 2. The summed E-state index contributed by atoms with van der Waals surface area (Å²) in [5.41, 5.74) is 1.42. The predicted molar refractivity (Wildman–Crippen MR) is 198 cm³/mol. The maximum Gasteiger partial charge on any atom is 0.350 e. The van der Waals surface area contributed by atoms with Gasteiger partial charge in [0.05, 0.1) is 23.8 Å². The number of carbonyl (C=O) groups is 2. The molecule has 0 bridgehead atoms. The zero-order valence-corrected chi connectivity index (χ0v) is 32.3. The molecule has 2 heterocycles. The number of Topliss-reactive ketones (excluding diaryl/α,β-unsaturated/α-hetero) is 1. The van der Waals surface area contributed by atoms with E-state index in [1.165, 1.54) is 0 Å². The van der Waals surface area contributed by atoms with Crippen molar-refractivity contribution >= 4 is 46.4 Å². The molecule has 1 unspecified atom stereocenters. The second kappa shape index (κ2) is 16.7. The minimum Gasteiger partial charge on any atom is -0.414 e. The van der Waals surface area contributed by atoms with Gasteiger partial charge < -0.3 is 18.3 Å². The van der Waals surface area contributed by atoms with E-state index < -0.39 is 28.2 Å². The van der Waals surface area contributed by atoms with Crippen molar-refractivity contribution in [1.82, 2.24) is 9.55 Å². The second-order valence-corrected chi connectivity index (χ2v) is 24.0. The normalized spacial score (nSPS) is 17.3. The fourth-order valence-electron chi connectivity index (χ4n) is 6.35. The fraction of sp³-hybridized carbons (Fsp3) is 0.500. The Morgan fingerprint density at radius 1 is 0.812 bits per heavy atom. The van der Waals surface area contributed by atoms with E-state index in [2.05, 4.69) is 65.7 Å². The lowest BCUT2D eigenvalue weighted by atomic mass is 10.1. The zero-order chi connectivity index (χ0) is 35.1. The van der Waals surface area contributed by atoms with Crippen molar-refractivity contribution < 1.29 is 22.6 Å². The Bertz CT molecular complexity index is 1520. The molecule has 0 saturated carbocycles. The smallest absolute Gasteiger partial charge is 0.350 e. The van der Waals surface area contributed by atoms with Crippen molar-refractivity contribution in [3.63, 3.8) is 0 Å². The van der Waals surface area contributed by atoms with E-state index in [-0.39, 0.29) is 51.3 Å². The molecule has 3 aromatic rings. The van der Waals surface area contributed by atoms with Gasteiger partial charge in [0.1, 0.15) is 5.82 Å². The maximum atomic E-state index is 13.6. The first kappa shape index (κ1) is 37.9. The molecule has 12 heteroatoms. The van der Waals surface area contributed by atoms with Crippen LogP contribution in [0.1, 0.15) is 94.3 Å². The SMILES string of the molecule is CC(C)[Si]1(C(C)C)OCC(SC(CCC(=O)c2ccccc2)n2ccc(NC(=O)c3ccccc3)nc2=O)CO[Si](C(C)C)(C(C)C)O1. The highest BCUT2D eigenvalue weighted by atomic mass is 32.2. The minimum absolute atomic E-state index is 0.00426. The standard InChI is InChI=1S/C36H51N3O6SSi2/c1-25(2)47(26(3)4)43-23-31(24-44-48(45-47,27(5)6)28(7)8)46-34(20-19-32(40)29-15-11-9-12-16-29)39-22-21-33(38-36(39)42)37-35(41)30-17-13-10-14-18-30/h9-18,21-22,25-28,31,34H,19-20,23-24H2,1-8H3,(H,37,38,41,42). The predicted octanol–water partition coefficient (Wildman–Crippen LogP) is 8.35. The van der Waals surface area contributed by atoms with Gasteiger partial charge in [0, 0.05) is 23.7 Å². The molecule has 0 spiro atoms. The van der Waals surface area contributed by atoms with Crippen LogP contribution in [0, 0.1) is 0 Å². The topological polar surface area (TPSA) is 109 Å². The van der Waals surface area contributed by atoms with Gasteiger partial charge in [-0.15, -0.1) is 11.8 Å². The van der Waals surface area contributed by atoms with Crippen LogP contribution in [0.5, 0.6) is 0 Å². The average Bonchev–Trinajstić information content (AvgIpc) is 3.05. The summed E-state index contributed by atoms with van der Waals surface area (Å²) >= 11 is 1.58. The van der Waals surface area contributed by atoms with Gasteiger partial charge in [0.15, 0.2) is 5.78 Å². The molecular formula is C36H51N3O6SSi2. The number of benzene rings is 2. The molecule has 1 amide bonds. The van der Waals surface area contributed by atoms with Crippen LogP contribution in [0.3, 0.4) is 0 Å². The van der Waals surface area contributed by atoms with Crippen LogP contribution in [0.25, 0.3) is 0 Å². The zero-order valence-electron chi connectivity index (χ0n) is 29.5. The number of amides is 1. The molecular weight excluding hydrogens is 659 g/mol. The largest absolute Gasteiger partial charge is 0.414 e. The van der Waals surface area contributed by atoms with Gasteiger partial charge in [-0.1, -0.05) is 104 Å². The summed E-state index contributed by atoms with van der Waals surface area (Å²) in [6.07, 6.45) is 2.29. The number of anilines is 1. The lowest BCUT2D eigenvalue weighted by molar-refractivity contribution is 0.0976. The van der Waals surface area contributed by atoms with E-state index >= 15 is 0 Å². The molecule has 1 fully saturated rings. The van der Waals surface area contributed by atoms with Gasteiger partial charge in [-0.3, -0.25) is 14.2 Å². The Balaban J connectivity index is 1.65. The molecule has 1 saturated heterocycles. The van der Waals surface area contributed by atoms with Crippen LogP contribution in [0.15, 0.2) is 77.7 Å². The number of hydrogen-bond acceptors (Lipinski definition) is 8. The summed E-state index contributed by atoms with van der Waals surface area (Å²) in [5.74, 6) is -0.181. The summed E-state index contributed by atoms with van der Waals surface area (Å²) < 4.78 is 22.7. The molecule has 1 atom stereocenters. The van der Waals surface area contributed by atoms with Crippen molar-refractivity contribution in [3.8, 4) is 0 Å². The number of aromatic nitrogens is 2. The quantitative estimate of drug-likeness (QED) is 0.139. The molecule has 260 valence electrons. The Morgan fingerprint density at radius 2 is 1.31 bits per heavy atom. The number of ketones is 1. The van der Waals surface area contributed by atoms with Crippen LogP contribution >= 0.6 is 11.8 Å². The van der Waals surface area contributed by atoms with E-state index in [4.69, 9.17) is 13.0 Å². The molecule has 48 heavy (non-hydrogen) atoms. The fourth-order valence-corrected chi connectivity index (χ4v) is 19.0. The van der Waals surface area contributed by atoms with Crippen LogP contribution in [0.2, 0.25) is 22.2 Å². The molecule has 9 nitrogen and oxygen atoms in total. The van der Waals surface area contributed by atoms with E-state index in [9.17, 15) is 14.4 Å². The summed E-state index contributed by atoms with van der Waals surface area (Å²) in [7, 11) is -5.49. The van der Waals surface area contributed by atoms with E-state index in [0.717, 1.165) is 0 Å². The van der Waals surface area contributed by atoms with E-state index in [0.29, 0.717) is 30.8 Å². The molecule has 1 aliphatic heterocycles. The van der Waals surface area contributed by atoms with E-state index in [1.807, 2.05) is 36.4 Å². The Hall–Kier alpha value is -2.88. The lowest BCUT2D eigenvalue weighted by Gasteiger charge is -2.50. The van der Waals surface area contributed by atoms with Crippen molar-refractivity contribution in [3.05, 3.63) is 94.5 Å². The third-order valence-electron chi connectivity index (χ3n) is 9.01. The van der Waals surface area contributed by atoms with Gasteiger partial charge in [-0.2, -0.15) is 4.98 Å². The lowest BCUT2D eigenvalue weighted by Crippen LogP contribution is -2.63. The van der Waals surface area contributed by atoms with E-state index in [1.54, 1.807) is 52.9 Å². The summed E-state index contributed by atoms with van der Waals surface area (Å²) in [6, 6.07) is 19.6. The number of rotatable bonds is 13. The van der Waals surface area contributed by atoms with Crippen LogP contribution < -0.4 is 11.0 Å².